The number of aldehydes is 1. The van der Waals surface area contributed by atoms with Crippen LogP contribution in [0.5, 0.6) is 0 Å². The molecule has 0 aliphatic heterocycles. The Morgan fingerprint density at radius 1 is 1.10 bits per heavy atom. The lowest BCUT2D eigenvalue weighted by atomic mass is 10.1. The van der Waals surface area contributed by atoms with Crippen molar-refractivity contribution in [2.75, 3.05) is 0 Å². The van der Waals surface area contributed by atoms with E-state index in [1.54, 1.807) is 0 Å². The molecule has 21 heavy (non-hydrogen) atoms. The smallest absolute Gasteiger partial charge is 0.150 e. The van der Waals surface area contributed by atoms with E-state index in [9.17, 15) is 4.79 Å². The number of carbonyl (C=O) groups excluding carboxylic acids is 1. The highest BCUT2D eigenvalue weighted by atomic mass is 16.1. The number of rotatable bonds is 5. The van der Waals surface area contributed by atoms with E-state index in [0.29, 0.717) is 6.42 Å². The van der Waals surface area contributed by atoms with E-state index < -0.39 is 0 Å². The molecule has 0 amide bonds. The Bertz CT molecular complexity index is 774. The van der Waals surface area contributed by atoms with Gasteiger partial charge in [-0.05, 0) is 24.1 Å². The second-order valence-corrected chi connectivity index (χ2v) is 5.16. The summed E-state index contributed by atoms with van der Waals surface area (Å²) >= 11 is 0. The molecule has 0 atom stereocenters. The number of aryl methyl sites for hydroxylation is 1. The van der Waals surface area contributed by atoms with Crippen LogP contribution in [0.2, 0.25) is 0 Å². The van der Waals surface area contributed by atoms with Crippen LogP contribution >= 0.6 is 0 Å². The molecule has 3 aromatic rings. The fourth-order valence-electron chi connectivity index (χ4n) is 2.71. The monoisotopic (exact) mass is 278 g/mol. The van der Waals surface area contributed by atoms with E-state index in [0.717, 1.165) is 47.2 Å². The summed E-state index contributed by atoms with van der Waals surface area (Å²) in [6.45, 7) is 3.11. The normalized spacial score (nSPS) is 10.9. The van der Waals surface area contributed by atoms with Crippen molar-refractivity contribution >= 4 is 17.3 Å². The molecule has 0 radical (unpaired) electrons. The molecular formula is C18H18N2O. The zero-order chi connectivity index (χ0) is 14.7. The number of hydrogen-bond donors (Lipinski definition) is 0. The molecule has 0 saturated heterocycles. The Morgan fingerprint density at radius 2 is 1.86 bits per heavy atom. The van der Waals surface area contributed by atoms with E-state index in [-0.39, 0.29) is 0 Å². The van der Waals surface area contributed by atoms with Gasteiger partial charge in [0.15, 0.2) is 0 Å². The van der Waals surface area contributed by atoms with E-state index in [4.69, 9.17) is 4.98 Å². The summed E-state index contributed by atoms with van der Waals surface area (Å²) in [5.74, 6) is 1.02. The van der Waals surface area contributed by atoms with Crippen molar-refractivity contribution < 1.29 is 4.79 Å². The predicted molar refractivity (Wildman–Crippen MR) is 84.7 cm³/mol. The zero-order valence-corrected chi connectivity index (χ0v) is 12.1. The Hall–Kier alpha value is -2.42. The van der Waals surface area contributed by atoms with Gasteiger partial charge >= 0.3 is 0 Å². The SMILES string of the molecule is CCCn1c(Cc2ccccc2C=O)nc2ccccc21. The van der Waals surface area contributed by atoms with Crippen molar-refractivity contribution in [3.63, 3.8) is 0 Å². The second-order valence-electron chi connectivity index (χ2n) is 5.16. The summed E-state index contributed by atoms with van der Waals surface area (Å²) in [5.41, 5.74) is 3.95. The van der Waals surface area contributed by atoms with Crippen LogP contribution in [0.3, 0.4) is 0 Å². The summed E-state index contributed by atoms with van der Waals surface area (Å²) in [5, 5.41) is 0. The molecule has 0 unspecified atom stereocenters. The van der Waals surface area contributed by atoms with Gasteiger partial charge in [-0.15, -0.1) is 0 Å². The second kappa shape index (κ2) is 5.92. The van der Waals surface area contributed by atoms with Crippen LogP contribution in [0, 0.1) is 0 Å². The number of hydrogen-bond acceptors (Lipinski definition) is 2. The number of fused-ring (bicyclic) bond motifs is 1. The standard InChI is InChI=1S/C18H18N2O/c1-2-11-20-17-10-6-5-9-16(17)19-18(20)12-14-7-3-4-8-15(14)13-21/h3-10,13H,2,11-12H2,1H3. The quantitative estimate of drug-likeness (QED) is 0.664. The van der Waals surface area contributed by atoms with Crippen LogP contribution in [-0.4, -0.2) is 15.8 Å². The van der Waals surface area contributed by atoms with Crippen molar-refractivity contribution in [3.8, 4) is 0 Å². The highest BCUT2D eigenvalue weighted by Gasteiger charge is 2.11. The highest BCUT2D eigenvalue weighted by molar-refractivity contribution is 5.78. The van der Waals surface area contributed by atoms with Crippen molar-refractivity contribution in [3.05, 3.63) is 65.5 Å². The van der Waals surface area contributed by atoms with Gasteiger partial charge in [-0.25, -0.2) is 4.98 Å². The predicted octanol–water partition coefficient (Wildman–Crippen LogP) is 3.85. The number of benzene rings is 2. The number of imidazole rings is 1. The first-order valence-corrected chi connectivity index (χ1v) is 7.30. The maximum atomic E-state index is 11.2. The van der Waals surface area contributed by atoms with Gasteiger partial charge in [0, 0.05) is 18.5 Å². The van der Waals surface area contributed by atoms with Crippen LogP contribution < -0.4 is 0 Å². The van der Waals surface area contributed by atoms with Crippen LogP contribution in [-0.2, 0) is 13.0 Å². The first kappa shape index (κ1) is 13.6. The molecule has 106 valence electrons. The van der Waals surface area contributed by atoms with Crippen LogP contribution in [0.25, 0.3) is 11.0 Å². The summed E-state index contributed by atoms with van der Waals surface area (Å²) in [7, 11) is 0. The number of aromatic nitrogens is 2. The zero-order valence-electron chi connectivity index (χ0n) is 12.1. The molecule has 3 rings (SSSR count). The molecule has 0 spiro atoms. The Kier molecular flexibility index (Phi) is 3.82. The average Bonchev–Trinajstić information content (AvgIpc) is 2.86. The molecule has 3 nitrogen and oxygen atoms in total. The van der Waals surface area contributed by atoms with Gasteiger partial charge < -0.3 is 4.57 Å². The lowest BCUT2D eigenvalue weighted by molar-refractivity contribution is 0.112. The topological polar surface area (TPSA) is 34.9 Å². The lowest BCUT2D eigenvalue weighted by Crippen LogP contribution is -2.05. The van der Waals surface area contributed by atoms with Crippen molar-refractivity contribution in [1.29, 1.82) is 0 Å². The molecule has 0 bridgehead atoms. The Morgan fingerprint density at radius 3 is 2.67 bits per heavy atom. The Labute approximate surface area is 124 Å². The van der Waals surface area contributed by atoms with Crippen LogP contribution in [0.4, 0.5) is 0 Å². The average molecular weight is 278 g/mol. The molecule has 0 N–H and O–H groups in total. The molecule has 0 fully saturated rings. The van der Waals surface area contributed by atoms with Crippen LogP contribution in [0.15, 0.2) is 48.5 Å². The number of para-hydroxylation sites is 2. The third-order valence-electron chi connectivity index (χ3n) is 3.71. The first-order chi connectivity index (χ1) is 10.3. The summed E-state index contributed by atoms with van der Waals surface area (Å²) < 4.78 is 2.26. The van der Waals surface area contributed by atoms with Gasteiger partial charge in [0.05, 0.1) is 11.0 Å². The summed E-state index contributed by atoms with van der Waals surface area (Å²) in [6.07, 6.45) is 2.66. The van der Waals surface area contributed by atoms with Gasteiger partial charge in [0.1, 0.15) is 12.1 Å². The summed E-state index contributed by atoms with van der Waals surface area (Å²) in [4.78, 5) is 15.9. The minimum absolute atomic E-state index is 0.684. The fourth-order valence-corrected chi connectivity index (χ4v) is 2.71. The molecular weight excluding hydrogens is 260 g/mol. The van der Waals surface area contributed by atoms with Gasteiger partial charge in [-0.1, -0.05) is 43.3 Å². The van der Waals surface area contributed by atoms with E-state index in [1.165, 1.54) is 0 Å². The van der Waals surface area contributed by atoms with E-state index in [1.807, 2.05) is 42.5 Å². The molecule has 1 aromatic heterocycles. The maximum absolute atomic E-state index is 11.2. The maximum Gasteiger partial charge on any atom is 0.150 e. The first-order valence-electron chi connectivity index (χ1n) is 7.30. The summed E-state index contributed by atoms with van der Waals surface area (Å²) in [6, 6.07) is 15.9. The molecule has 0 aliphatic carbocycles. The van der Waals surface area contributed by atoms with Crippen molar-refractivity contribution in [2.45, 2.75) is 26.3 Å². The highest BCUT2D eigenvalue weighted by Crippen LogP contribution is 2.20. The third kappa shape index (κ3) is 2.59. The minimum atomic E-state index is 0.684. The lowest BCUT2D eigenvalue weighted by Gasteiger charge is -2.09. The van der Waals surface area contributed by atoms with Gasteiger partial charge in [0.25, 0.3) is 0 Å². The van der Waals surface area contributed by atoms with E-state index >= 15 is 0 Å². The molecule has 2 aromatic carbocycles. The molecule has 0 aliphatic rings. The van der Waals surface area contributed by atoms with Gasteiger partial charge in [-0.2, -0.15) is 0 Å². The van der Waals surface area contributed by atoms with Crippen molar-refractivity contribution in [1.82, 2.24) is 9.55 Å². The minimum Gasteiger partial charge on any atom is -0.328 e. The molecule has 3 heteroatoms. The van der Waals surface area contributed by atoms with Crippen molar-refractivity contribution in [2.24, 2.45) is 0 Å². The fraction of sp³-hybridized carbons (Fsp3) is 0.222. The van der Waals surface area contributed by atoms with Gasteiger partial charge in [-0.3, -0.25) is 4.79 Å². The largest absolute Gasteiger partial charge is 0.328 e. The van der Waals surface area contributed by atoms with Crippen LogP contribution in [0.1, 0.15) is 35.1 Å². The number of nitrogens with zero attached hydrogens (tertiary/aromatic N) is 2. The van der Waals surface area contributed by atoms with E-state index in [2.05, 4.69) is 17.6 Å². The van der Waals surface area contributed by atoms with Gasteiger partial charge in [0.2, 0.25) is 0 Å². The number of carbonyl (C=O) groups is 1. The molecule has 0 saturated carbocycles. The molecule has 1 heterocycles. The Balaban J connectivity index is 2.07. The third-order valence-corrected chi connectivity index (χ3v) is 3.71.